The van der Waals surface area contributed by atoms with E-state index in [1.807, 2.05) is 84.9 Å². The molecule has 5 heteroatoms. The van der Waals surface area contributed by atoms with E-state index in [1.165, 1.54) is 0 Å². The first-order valence-electron chi connectivity index (χ1n) is 16.5. The zero-order chi connectivity index (χ0) is 33.8. The summed E-state index contributed by atoms with van der Waals surface area (Å²) in [6.07, 6.45) is 0. The van der Waals surface area contributed by atoms with Crippen LogP contribution in [0.4, 0.5) is 0 Å². The highest BCUT2D eigenvalue weighted by atomic mass is 35.5. The third-order valence-electron chi connectivity index (χ3n) is 7.59. The van der Waals surface area contributed by atoms with Gasteiger partial charge in [-0.05, 0) is 57.1 Å². The van der Waals surface area contributed by atoms with Gasteiger partial charge in [0.1, 0.15) is 0 Å². The number of halogens is 1. The van der Waals surface area contributed by atoms with Crippen LogP contribution in [-0.2, 0) is 0 Å². The van der Waals surface area contributed by atoms with E-state index in [1.54, 1.807) is 17.4 Å². The van der Waals surface area contributed by atoms with Gasteiger partial charge in [-0.15, -0.1) is 11.3 Å². The van der Waals surface area contributed by atoms with E-state index in [4.69, 9.17) is 23.4 Å². The zero-order valence-electron chi connectivity index (χ0n) is 28.1. The standard InChI is InChI=1S/C39H24ClN3S/c40-39-42-37(28-22-20-27(21-23-28)25-10-3-1-4-11-25)41-38(43-39)34-19-9-18-33-32-17-8-16-31(35(32)44-36(33)34)30-15-7-14-29(24-30)26-12-5-2-6-13-26/h1-24H/i2D,5D,6D,12D,13D. The Bertz CT molecular complexity index is 2540. The number of thiophene rings is 1. The van der Waals surface area contributed by atoms with Gasteiger partial charge in [0.25, 0.3) is 0 Å². The molecule has 0 amide bonds. The van der Waals surface area contributed by atoms with E-state index in [2.05, 4.69) is 34.2 Å². The lowest BCUT2D eigenvalue weighted by Crippen LogP contribution is -1.97. The Morgan fingerprint density at radius 1 is 0.477 bits per heavy atom. The van der Waals surface area contributed by atoms with Crippen molar-refractivity contribution in [2.75, 3.05) is 0 Å². The van der Waals surface area contributed by atoms with Gasteiger partial charge in [0.05, 0.1) is 6.85 Å². The van der Waals surface area contributed by atoms with E-state index in [0.717, 1.165) is 53.6 Å². The topological polar surface area (TPSA) is 38.7 Å². The van der Waals surface area contributed by atoms with Crippen molar-refractivity contribution in [1.29, 1.82) is 0 Å². The lowest BCUT2D eigenvalue weighted by Gasteiger charge is -2.07. The molecule has 8 aromatic rings. The van der Waals surface area contributed by atoms with Gasteiger partial charge < -0.3 is 0 Å². The average molecular weight is 607 g/mol. The smallest absolute Gasteiger partial charge is 0.208 e. The van der Waals surface area contributed by atoms with E-state index >= 15 is 0 Å². The number of fused-ring (bicyclic) bond motifs is 3. The minimum atomic E-state index is -0.409. The SMILES string of the molecule is [2H]c1c([2H])c([2H])c(-c2cccc(-c3cccc4c3sc3c(-c5nc(Cl)nc(-c6ccc(-c7ccccc7)cc6)n5)cccc34)c2)c([2H])c1[2H]. The summed E-state index contributed by atoms with van der Waals surface area (Å²) in [6, 6.07) is 36.3. The Balaban J connectivity index is 1.23. The maximum Gasteiger partial charge on any atom is 0.226 e. The molecule has 208 valence electrons. The molecule has 2 aromatic heterocycles. The normalized spacial score (nSPS) is 12.9. The van der Waals surface area contributed by atoms with Gasteiger partial charge in [-0.2, -0.15) is 9.97 Å². The second-order valence-electron chi connectivity index (χ2n) is 10.2. The number of nitrogens with zero attached hydrogens (tertiary/aromatic N) is 3. The first kappa shape index (κ1) is 21.5. The minimum Gasteiger partial charge on any atom is -0.208 e. The van der Waals surface area contributed by atoms with Gasteiger partial charge in [-0.3, -0.25) is 0 Å². The number of hydrogen-bond donors (Lipinski definition) is 0. The molecule has 0 radical (unpaired) electrons. The lowest BCUT2D eigenvalue weighted by atomic mass is 9.98. The summed E-state index contributed by atoms with van der Waals surface area (Å²) in [5, 5.41) is 2.21. The number of hydrogen-bond acceptors (Lipinski definition) is 4. The summed E-state index contributed by atoms with van der Waals surface area (Å²) in [5.41, 5.74) is 6.45. The summed E-state index contributed by atoms with van der Waals surface area (Å²) in [7, 11) is 0. The van der Waals surface area contributed by atoms with Gasteiger partial charge in [0.15, 0.2) is 11.6 Å². The fraction of sp³-hybridized carbons (Fsp3) is 0. The molecule has 0 unspecified atom stereocenters. The lowest BCUT2D eigenvalue weighted by molar-refractivity contribution is 1.07. The van der Waals surface area contributed by atoms with E-state index in [0.29, 0.717) is 17.2 Å². The van der Waals surface area contributed by atoms with E-state index in [9.17, 15) is 0 Å². The van der Waals surface area contributed by atoms with Gasteiger partial charge in [0.2, 0.25) is 5.28 Å². The van der Waals surface area contributed by atoms with Crippen molar-refractivity contribution in [3.63, 3.8) is 0 Å². The Hall–Kier alpha value is -5.16. The van der Waals surface area contributed by atoms with Crippen molar-refractivity contribution in [1.82, 2.24) is 15.0 Å². The summed E-state index contributed by atoms with van der Waals surface area (Å²) >= 11 is 8.13. The zero-order valence-corrected chi connectivity index (χ0v) is 24.7. The molecule has 0 bridgehead atoms. The van der Waals surface area contributed by atoms with Crippen LogP contribution >= 0.6 is 22.9 Å². The van der Waals surface area contributed by atoms with E-state index < -0.39 is 6.04 Å². The van der Waals surface area contributed by atoms with Crippen molar-refractivity contribution in [3.05, 3.63) is 151 Å². The molecule has 44 heavy (non-hydrogen) atoms. The highest BCUT2D eigenvalue weighted by Gasteiger charge is 2.17. The van der Waals surface area contributed by atoms with Crippen LogP contribution in [0.5, 0.6) is 0 Å². The third kappa shape index (κ3) is 4.84. The van der Waals surface area contributed by atoms with E-state index in [-0.39, 0.29) is 35.0 Å². The van der Waals surface area contributed by atoms with Crippen molar-refractivity contribution >= 4 is 43.1 Å². The predicted octanol–water partition coefficient (Wildman–Crippen LogP) is 11.2. The fourth-order valence-electron chi connectivity index (χ4n) is 5.50. The molecule has 8 rings (SSSR count). The van der Waals surface area contributed by atoms with Gasteiger partial charge in [-0.1, -0.05) is 133 Å². The molecule has 0 N–H and O–H groups in total. The van der Waals surface area contributed by atoms with Crippen LogP contribution in [0.25, 0.3) is 76.3 Å². The summed E-state index contributed by atoms with van der Waals surface area (Å²) in [4.78, 5) is 13.9. The average Bonchev–Trinajstić information content (AvgIpc) is 3.53. The Labute approximate surface area is 271 Å². The maximum atomic E-state index is 8.49. The molecule has 2 heterocycles. The fourth-order valence-corrected chi connectivity index (χ4v) is 7.01. The van der Waals surface area contributed by atoms with Gasteiger partial charge in [0, 0.05) is 31.3 Å². The maximum absolute atomic E-state index is 8.49. The molecule has 6 aromatic carbocycles. The molecule has 0 aliphatic rings. The molecular weight excluding hydrogens is 578 g/mol. The van der Waals surface area contributed by atoms with Gasteiger partial charge in [-0.25, -0.2) is 4.98 Å². The predicted molar refractivity (Wildman–Crippen MR) is 185 cm³/mol. The highest BCUT2D eigenvalue weighted by Crippen LogP contribution is 2.43. The van der Waals surface area contributed by atoms with Crippen molar-refractivity contribution in [2.45, 2.75) is 0 Å². The molecule has 0 aliphatic heterocycles. The van der Waals surface area contributed by atoms with Crippen LogP contribution in [0.1, 0.15) is 6.85 Å². The van der Waals surface area contributed by atoms with Crippen LogP contribution in [0.2, 0.25) is 5.28 Å². The van der Waals surface area contributed by atoms with Crippen LogP contribution in [-0.4, -0.2) is 15.0 Å². The second kappa shape index (κ2) is 11.2. The Kier molecular flexibility index (Phi) is 5.46. The molecule has 0 fully saturated rings. The number of rotatable bonds is 5. The third-order valence-corrected chi connectivity index (χ3v) is 9.04. The first-order chi connectivity index (χ1) is 23.8. The molecule has 3 nitrogen and oxygen atoms in total. The molecule has 0 saturated carbocycles. The summed E-state index contributed by atoms with van der Waals surface area (Å²) in [6.45, 7) is 0. The second-order valence-corrected chi connectivity index (χ2v) is 11.6. The summed E-state index contributed by atoms with van der Waals surface area (Å²) < 4.78 is 43.3. The first-order valence-corrected chi connectivity index (χ1v) is 15.2. The largest absolute Gasteiger partial charge is 0.226 e. The Morgan fingerprint density at radius 3 is 1.84 bits per heavy atom. The van der Waals surface area contributed by atoms with Crippen molar-refractivity contribution in [2.24, 2.45) is 0 Å². The minimum absolute atomic E-state index is 0.107. The van der Waals surface area contributed by atoms with Gasteiger partial charge >= 0.3 is 0 Å². The molecule has 0 aliphatic carbocycles. The van der Waals surface area contributed by atoms with Crippen LogP contribution in [0.3, 0.4) is 0 Å². The van der Waals surface area contributed by atoms with Crippen molar-refractivity contribution < 1.29 is 6.85 Å². The monoisotopic (exact) mass is 606 g/mol. The quantitative estimate of drug-likeness (QED) is 0.195. The van der Waals surface area contributed by atoms with Crippen LogP contribution < -0.4 is 0 Å². The molecule has 0 atom stereocenters. The molecule has 0 spiro atoms. The summed E-state index contributed by atoms with van der Waals surface area (Å²) in [5.74, 6) is 0.960. The number of aromatic nitrogens is 3. The Morgan fingerprint density at radius 2 is 1.07 bits per heavy atom. The van der Waals surface area contributed by atoms with Crippen LogP contribution in [0, 0.1) is 0 Å². The molecule has 0 saturated heterocycles. The van der Waals surface area contributed by atoms with Crippen molar-refractivity contribution in [3.8, 4) is 56.2 Å². The number of benzene rings is 6. The van der Waals surface area contributed by atoms with Crippen LogP contribution in [0.15, 0.2) is 145 Å². The highest BCUT2D eigenvalue weighted by molar-refractivity contribution is 7.26. The molecular formula is C39H24ClN3S.